The Kier molecular flexibility index (Phi) is 10.5. The third-order valence-electron chi connectivity index (χ3n) is 16.9. The molecule has 3 heterocycles. The van der Waals surface area contributed by atoms with Gasteiger partial charge in [-0.25, -0.2) is 0 Å². The molecule has 0 radical (unpaired) electrons. The first-order chi connectivity index (χ1) is 37.8. The lowest BCUT2D eigenvalue weighted by molar-refractivity contribution is 0.568. The summed E-state index contributed by atoms with van der Waals surface area (Å²) in [6.07, 6.45) is 0.885. The quantitative estimate of drug-likeness (QED) is 0.137. The first-order valence-electron chi connectivity index (χ1n) is 26.9. The largest absolute Gasteiger partial charge is 0.456 e. The van der Waals surface area contributed by atoms with Crippen LogP contribution < -0.4 is 4.90 Å². The second-order valence-corrected chi connectivity index (χ2v) is 22.6. The Morgan fingerprint density at radius 3 is 1.65 bits per heavy atom. The van der Waals surface area contributed by atoms with Crippen LogP contribution in [-0.4, -0.2) is 0 Å². The van der Waals surface area contributed by atoms with E-state index in [0.29, 0.717) is 0 Å². The first kappa shape index (κ1) is 45.4. The fraction of sp³-hybridized carbons (Fsp3) is 0.0959. The van der Waals surface area contributed by atoms with Gasteiger partial charge in [0.25, 0.3) is 0 Å². The molecule has 0 spiro atoms. The van der Waals surface area contributed by atoms with Crippen molar-refractivity contribution in [3.63, 3.8) is 0 Å². The third kappa shape index (κ3) is 7.46. The number of anilines is 3. The Balaban J connectivity index is 0.879. The van der Waals surface area contributed by atoms with Crippen molar-refractivity contribution in [2.45, 2.75) is 44.4 Å². The van der Waals surface area contributed by atoms with Gasteiger partial charge in [0.1, 0.15) is 22.3 Å². The highest BCUT2D eigenvalue weighted by atomic mass is 32.1. The summed E-state index contributed by atoms with van der Waals surface area (Å²) in [5, 5.41) is 7.08. The molecule has 15 rings (SSSR count). The smallest absolute Gasteiger partial charge is 0.137 e. The number of benzene rings is 11. The first-order valence-corrected chi connectivity index (χ1v) is 27.7. The average Bonchev–Trinajstić information content (AvgIpc) is 4.36. The summed E-state index contributed by atoms with van der Waals surface area (Å²) in [6, 6.07) is 89.0. The molecule has 0 amide bonds. The minimum absolute atomic E-state index is 0.173. The Morgan fingerprint density at radius 1 is 0.442 bits per heavy atom. The standard InChI is InChI=1S/C73H53NO2S/c1-45(61(40-46-26-28-49(29-27-46)47-16-6-4-7-17-47)52-33-37-57-55-20-10-13-23-65(55)75-67(57)42-52)51-32-38-59-62(41-51)73(2,3)63-44-64(71-60-22-12-15-25-69(60)77-72(71)70(59)63)74(53-34-30-50(31-35-53)48-18-8-5-9-19-48)54-36-39-58-56-21-11-14-24-66(56)76-68(58)43-54/h4-39,41-45,61H,40H2,1-3H3. The SMILES string of the molecule is CC(c1ccc2c(c1)C(C)(C)c1cc(N(c3ccc(-c4ccccc4)cc3)c3ccc4c(c3)oc3ccccc34)c3c(sc4ccccc43)c1-2)C(Cc1ccc(-c2ccccc2)cc1)c1ccc2c(c1)oc1ccccc12. The van der Waals surface area contributed by atoms with Crippen LogP contribution in [-0.2, 0) is 11.8 Å². The zero-order chi connectivity index (χ0) is 51.4. The van der Waals surface area contributed by atoms with Crippen LogP contribution in [0, 0.1) is 0 Å². The zero-order valence-electron chi connectivity index (χ0n) is 43.1. The van der Waals surface area contributed by atoms with Crippen molar-refractivity contribution in [2.24, 2.45) is 0 Å². The molecular weight excluding hydrogens is 955 g/mol. The van der Waals surface area contributed by atoms with Gasteiger partial charge in [0.2, 0.25) is 0 Å². The van der Waals surface area contributed by atoms with E-state index in [1.807, 2.05) is 17.4 Å². The Morgan fingerprint density at radius 2 is 0.974 bits per heavy atom. The van der Waals surface area contributed by atoms with Crippen LogP contribution in [0.2, 0.25) is 0 Å². The van der Waals surface area contributed by atoms with Crippen molar-refractivity contribution in [3.05, 3.63) is 270 Å². The number of para-hydroxylation sites is 2. The maximum atomic E-state index is 6.62. The average molecular weight is 1010 g/mol. The Labute approximate surface area is 451 Å². The molecule has 0 N–H and O–H groups in total. The highest BCUT2D eigenvalue weighted by Gasteiger charge is 2.40. The molecule has 3 nitrogen and oxygen atoms in total. The van der Waals surface area contributed by atoms with E-state index in [2.05, 4.69) is 262 Å². The minimum atomic E-state index is -0.318. The summed E-state index contributed by atoms with van der Waals surface area (Å²) in [5.74, 6) is 0.352. The van der Waals surface area contributed by atoms with Gasteiger partial charge in [-0.3, -0.25) is 0 Å². The minimum Gasteiger partial charge on any atom is -0.456 e. The van der Waals surface area contributed by atoms with Crippen LogP contribution in [0.15, 0.2) is 251 Å². The van der Waals surface area contributed by atoms with Gasteiger partial charge in [0, 0.05) is 70.1 Å². The lowest BCUT2D eigenvalue weighted by Gasteiger charge is -2.30. The van der Waals surface area contributed by atoms with E-state index in [-0.39, 0.29) is 17.3 Å². The molecule has 1 aliphatic carbocycles. The van der Waals surface area contributed by atoms with Gasteiger partial charge in [-0.15, -0.1) is 11.3 Å². The van der Waals surface area contributed by atoms with Gasteiger partial charge < -0.3 is 13.7 Å². The fourth-order valence-corrected chi connectivity index (χ4v) is 14.0. The highest BCUT2D eigenvalue weighted by Crippen LogP contribution is 2.58. The second-order valence-electron chi connectivity index (χ2n) is 21.6. The summed E-state index contributed by atoms with van der Waals surface area (Å²) in [6.45, 7) is 7.32. The molecule has 368 valence electrons. The molecule has 2 unspecified atom stereocenters. The van der Waals surface area contributed by atoms with Gasteiger partial charge in [0.15, 0.2) is 0 Å². The third-order valence-corrected chi connectivity index (χ3v) is 18.0. The van der Waals surface area contributed by atoms with Crippen LogP contribution in [0.3, 0.4) is 0 Å². The topological polar surface area (TPSA) is 29.5 Å². The van der Waals surface area contributed by atoms with E-state index in [4.69, 9.17) is 8.83 Å². The van der Waals surface area contributed by atoms with Gasteiger partial charge in [-0.2, -0.15) is 0 Å². The van der Waals surface area contributed by atoms with Crippen LogP contribution in [0.4, 0.5) is 17.1 Å². The van der Waals surface area contributed by atoms with Crippen LogP contribution in [0.1, 0.15) is 60.4 Å². The maximum absolute atomic E-state index is 6.62. The lowest BCUT2D eigenvalue weighted by atomic mass is 9.76. The van der Waals surface area contributed by atoms with Crippen LogP contribution in [0.5, 0.6) is 0 Å². The molecule has 0 bridgehead atoms. The zero-order valence-corrected chi connectivity index (χ0v) is 43.9. The number of hydrogen-bond acceptors (Lipinski definition) is 4. The predicted molar refractivity (Wildman–Crippen MR) is 325 cm³/mol. The normalized spacial score (nSPS) is 13.7. The molecule has 0 saturated heterocycles. The molecule has 14 aromatic rings. The molecular formula is C73H53NO2S. The summed E-state index contributed by atoms with van der Waals surface area (Å²) in [5.41, 5.74) is 20.8. The van der Waals surface area contributed by atoms with E-state index < -0.39 is 0 Å². The monoisotopic (exact) mass is 1010 g/mol. The van der Waals surface area contributed by atoms with Gasteiger partial charge in [-0.1, -0.05) is 203 Å². The number of hydrogen-bond donors (Lipinski definition) is 0. The predicted octanol–water partition coefficient (Wildman–Crippen LogP) is 21.1. The summed E-state index contributed by atoms with van der Waals surface area (Å²) >= 11 is 1.92. The number of rotatable bonds is 10. The van der Waals surface area contributed by atoms with Crippen molar-refractivity contribution >= 4 is 92.4 Å². The molecule has 3 aromatic heterocycles. The van der Waals surface area contributed by atoms with Crippen molar-refractivity contribution in [3.8, 4) is 33.4 Å². The number of nitrogens with zero attached hydrogens (tertiary/aromatic N) is 1. The summed E-state index contributed by atoms with van der Waals surface area (Å²) in [4.78, 5) is 2.48. The summed E-state index contributed by atoms with van der Waals surface area (Å²) in [7, 11) is 0. The molecule has 0 saturated carbocycles. The second kappa shape index (κ2) is 17.8. The van der Waals surface area contributed by atoms with E-state index in [9.17, 15) is 0 Å². The van der Waals surface area contributed by atoms with Crippen molar-refractivity contribution in [1.82, 2.24) is 0 Å². The van der Waals surface area contributed by atoms with E-state index in [1.54, 1.807) is 0 Å². The van der Waals surface area contributed by atoms with Gasteiger partial charge in [-0.05, 0) is 128 Å². The molecule has 2 atom stereocenters. The van der Waals surface area contributed by atoms with Crippen molar-refractivity contribution < 1.29 is 8.83 Å². The highest BCUT2D eigenvalue weighted by molar-refractivity contribution is 7.26. The van der Waals surface area contributed by atoms with Crippen LogP contribution in [0.25, 0.3) is 97.4 Å². The van der Waals surface area contributed by atoms with Gasteiger partial charge >= 0.3 is 0 Å². The van der Waals surface area contributed by atoms with E-state index in [1.165, 1.54) is 81.4 Å². The van der Waals surface area contributed by atoms with Crippen molar-refractivity contribution in [2.75, 3.05) is 4.90 Å². The van der Waals surface area contributed by atoms with Gasteiger partial charge in [0.05, 0.1) is 5.69 Å². The number of furan rings is 2. The molecule has 1 aliphatic rings. The molecule has 4 heteroatoms. The molecule has 11 aromatic carbocycles. The van der Waals surface area contributed by atoms with E-state index in [0.717, 1.165) is 67.4 Å². The molecule has 0 aliphatic heterocycles. The fourth-order valence-electron chi connectivity index (χ4n) is 12.8. The Hall–Kier alpha value is -8.96. The summed E-state index contributed by atoms with van der Waals surface area (Å²) < 4.78 is 15.8. The molecule has 77 heavy (non-hydrogen) atoms. The Bertz CT molecular complexity index is 4580. The van der Waals surface area contributed by atoms with E-state index >= 15 is 0 Å². The number of thiophene rings is 1. The molecule has 0 fully saturated rings. The number of fused-ring (bicyclic) bond motifs is 13. The maximum Gasteiger partial charge on any atom is 0.137 e. The van der Waals surface area contributed by atoms with Crippen molar-refractivity contribution in [1.29, 1.82) is 0 Å². The van der Waals surface area contributed by atoms with Crippen LogP contribution >= 0.6 is 11.3 Å². The lowest BCUT2D eigenvalue weighted by Crippen LogP contribution is -2.18.